The molecule has 0 spiro atoms. The van der Waals surface area contributed by atoms with Crippen molar-refractivity contribution in [1.82, 2.24) is 0 Å². The predicted octanol–water partition coefficient (Wildman–Crippen LogP) is 3.80. The molecule has 202 valence electrons. The summed E-state index contributed by atoms with van der Waals surface area (Å²) in [5, 5.41) is 11.8. The second kappa shape index (κ2) is 16.6. The van der Waals surface area contributed by atoms with Crippen LogP contribution >= 0.6 is 0 Å². The summed E-state index contributed by atoms with van der Waals surface area (Å²) in [6, 6.07) is 35.0. The Labute approximate surface area is 232 Å². The minimum Gasteiger partial charge on any atom is -0.486 e. The number of aryl methyl sites for hydroxylation is 1. The lowest BCUT2D eigenvalue weighted by atomic mass is 10.1. The molecular weight excluding hydrogens is 508 g/mol. The number of ketones is 1. The SMILES string of the molecule is COCCCc1ccc(OCC(=O)COc2ccc(C(=O)O)cc2)cc1.c1ccc([SiH2]c2ccccc2)cc1. The Morgan fingerprint density at radius 2 is 1.18 bits per heavy atom. The van der Waals surface area contributed by atoms with E-state index in [1.807, 2.05) is 24.3 Å². The highest BCUT2D eigenvalue weighted by atomic mass is 28.2. The van der Waals surface area contributed by atoms with Gasteiger partial charge in [0.2, 0.25) is 5.78 Å². The van der Waals surface area contributed by atoms with Gasteiger partial charge < -0.3 is 19.3 Å². The second-order valence-electron chi connectivity index (χ2n) is 8.83. The molecule has 4 aromatic carbocycles. The molecule has 0 saturated heterocycles. The van der Waals surface area contributed by atoms with Gasteiger partial charge >= 0.3 is 5.97 Å². The number of Topliss-reactive ketones (excluding diaryl/α,β-unsaturated/α-hetero) is 1. The molecule has 0 saturated carbocycles. The number of hydrogen-bond donors (Lipinski definition) is 1. The lowest BCUT2D eigenvalue weighted by Crippen LogP contribution is -2.26. The van der Waals surface area contributed by atoms with Gasteiger partial charge in [-0.15, -0.1) is 0 Å². The summed E-state index contributed by atoms with van der Waals surface area (Å²) in [6.45, 7) is 0.504. The van der Waals surface area contributed by atoms with Crippen LogP contribution in [0.15, 0.2) is 109 Å². The van der Waals surface area contributed by atoms with Crippen LogP contribution in [-0.4, -0.2) is 53.3 Å². The van der Waals surface area contributed by atoms with Crippen molar-refractivity contribution < 1.29 is 28.9 Å². The molecule has 4 rings (SSSR count). The molecule has 0 aromatic heterocycles. The van der Waals surface area contributed by atoms with Crippen LogP contribution in [0.1, 0.15) is 22.3 Å². The zero-order valence-corrected chi connectivity index (χ0v) is 23.5. The number of carboxylic acids is 1. The van der Waals surface area contributed by atoms with Crippen molar-refractivity contribution in [3.8, 4) is 11.5 Å². The van der Waals surface area contributed by atoms with Gasteiger partial charge in [0.25, 0.3) is 0 Å². The van der Waals surface area contributed by atoms with E-state index in [2.05, 4.69) is 60.7 Å². The third-order valence-corrected chi connectivity index (χ3v) is 7.49. The van der Waals surface area contributed by atoms with Crippen LogP contribution in [0.4, 0.5) is 0 Å². The Hall–Kier alpha value is -4.20. The van der Waals surface area contributed by atoms with Crippen LogP contribution < -0.4 is 19.8 Å². The summed E-state index contributed by atoms with van der Waals surface area (Å²) >= 11 is 0. The van der Waals surface area contributed by atoms with Gasteiger partial charge in [-0.25, -0.2) is 4.79 Å². The van der Waals surface area contributed by atoms with Crippen molar-refractivity contribution in [2.75, 3.05) is 26.9 Å². The van der Waals surface area contributed by atoms with Gasteiger partial charge in [-0.05, 0) is 54.8 Å². The van der Waals surface area contributed by atoms with Crippen LogP contribution in [0, 0.1) is 0 Å². The molecule has 6 nitrogen and oxygen atoms in total. The van der Waals surface area contributed by atoms with E-state index in [9.17, 15) is 9.59 Å². The molecule has 0 aliphatic carbocycles. The quantitative estimate of drug-likeness (QED) is 0.205. The van der Waals surface area contributed by atoms with Gasteiger partial charge in [-0.3, -0.25) is 4.79 Å². The van der Waals surface area contributed by atoms with E-state index < -0.39 is 5.97 Å². The normalized spacial score (nSPS) is 10.2. The zero-order chi connectivity index (χ0) is 27.7. The monoisotopic (exact) mass is 542 g/mol. The fourth-order valence-corrected chi connectivity index (χ4v) is 5.15. The molecule has 1 N–H and O–H groups in total. The molecule has 0 aliphatic rings. The fourth-order valence-electron chi connectivity index (χ4n) is 3.66. The first kappa shape index (κ1) is 29.4. The number of benzene rings is 4. The van der Waals surface area contributed by atoms with Crippen molar-refractivity contribution >= 4 is 31.6 Å². The molecule has 0 radical (unpaired) electrons. The van der Waals surface area contributed by atoms with E-state index >= 15 is 0 Å². The summed E-state index contributed by atoms with van der Waals surface area (Å²) in [7, 11) is 1.45. The number of carbonyl (C=O) groups excluding carboxylic acids is 1. The van der Waals surface area contributed by atoms with Gasteiger partial charge in [0, 0.05) is 13.7 Å². The topological polar surface area (TPSA) is 82.1 Å². The second-order valence-corrected chi connectivity index (χ2v) is 10.8. The van der Waals surface area contributed by atoms with E-state index in [0.29, 0.717) is 11.5 Å². The average Bonchev–Trinajstić information content (AvgIpc) is 2.97. The summed E-state index contributed by atoms with van der Waals surface area (Å²) < 4.78 is 15.8. The number of aromatic carboxylic acids is 1. The van der Waals surface area contributed by atoms with Crippen LogP contribution in [0.5, 0.6) is 11.5 Å². The molecular formula is C32H34O6Si. The highest BCUT2D eigenvalue weighted by Crippen LogP contribution is 2.14. The third-order valence-electron chi connectivity index (χ3n) is 5.73. The standard InChI is InChI=1S/C20H22O6.C12H12Si/c1-24-12-2-3-15-4-8-18(9-5-15)25-13-17(21)14-26-19-10-6-16(7-11-19)20(22)23;1-3-7-11(8-4-1)13-12-9-5-2-6-10-12/h4-11H,2-3,12-14H2,1H3,(H,22,23);1-10H,13H2. The predicted molar refractivity (Wildman–Crippen MR) is 157 cm³/mol. The van der Waals surface area contributed by atoms with Gasteiger partial charge in [0.1, 0.15) is 24.7 Å². The molecule has 0 bridgehead atoms. The number of methoxy groups -OCH3 is 1. The van der Waals surface area contributed by atoms with Gasteiger partial charge in [0.05, 0.1) is 15.1 Å². The first-order valence-electron chi connectivity index (χ1n) is 12.8. The molecule has 7 heteroatoms. The maximum Gasteiger partial charge on any atom is 0.335 e. The summed E-state index contributed by atoms with van der Waals surface area (Å²) in [6.07, 6.45) is 1.89. The molecule has 0 aliphatic heterocycles. The first-order valence-corrected chi connectivity index (χ1v) is 14.2. The van der Waals surface area contributed by atoms with Crippen LogP contribution in [-0.2, 0) is 16.0 Å². The lowest BCUT2D eigenvalue weighted by Gasteiger charge is -2.08. The molecule has 0 unspecified atom stereocenters. The molecule has 4 aromatic rings. The smallest absolute Gasteiger partial charge is 0.335 e. The number of hydrogen-bond acceptors (Lipinski definition) is 5. The van der Waals surface area contributed by atoms with E-state index in [-0.39, 0.29) is 34.1 Å². The number of carboxylic acid groups (broad SMARTS) is 1. The van der Waals surface area contributed by atoms with E-state index in [0.717, 1.165) is 19.4 Å². The molecule has 0 atom stereocenters. The largest absolute Gasteiger partial charge is 0.486 e. The van der Waals surface area contributed by atoms with Crippen molar-refractivity contribution in [3.63, 3.8) is 0 Å². The maximum absolute atomic E-state index is 11.8. The Bertz CT molecular complexity index is 1220. The number of ether oxygens (including phenoxy) is 3. The number of rotatable bonds is 13. The maximum atomic E-state index is 11.8. The molecule has 0 heterocycles. The highest BCUT2D eigenvalue weighted by molar-refractivity contribution is 6.67. The Morgan fingerprint density at radius 1 is 0.692 bits per heavy atom. The highest BCUT2D eigenvalue weighted by Gasteiger charge is 2.07. The van der Waals surface area contributed by atoms with Crippen molar-refractivity contribution in [2.45, 2.75) is 12.8 Å². The van der Waals surface area contributed by atoms with Gasteiger partial charge in [0.15, 0.2) is 0 Å². The summed E-state index contributed by atoms with van der Waals surface area (Å²) in [5.74, 6) is -0.161. The summed E-state index contributed by atoms with van der Waals surface area (Å²) in [4.78, 5) is 22.6. The number of carbonyl (C=O) groups is 2. The minimum absolute atomic E-state index is 0.0871. The summed E-state index contributed by atoms with van der Waals surface area (Å²) in [5.41, 5.74) is 1.35. The van der Waals surface area contributed by atoms with E-state index in [1.54, 1.807) is 7.11 Å². The van der Waals surface area contributed by atoms with Crippen molar-refractivity contribution in [3.05, 3.63) is 120 Å². The molecule has 39 heavy (non-hydrogen) atoms. The van der Waals surface area contributed by atoms with Gasteiger partial charge in [-0.2, -0.15) is 0 Å². The van der Waals surface area contributed by atoms with Crippen LogP contribution in [0.2, 0.25) is 0 Å². The van der Waals surface area contributed by atoms with Crippen LogP contribution in [0.3, 0.4) is 0 Å². The minimum atomic E-state index is -1.01. The van der Waals surface area contributed by atoms with Gasteiger partial charge in [-0.1, -0.05) is 83.2 Å². The molecule has 0 amide bonds. The van der Waals surface area contributed by atoms with E-state index in [4.69, 9.17) is 19.3 Å². The molecule has 0 fully saturated rings. The lowest BCUT2D eigenvalue weighted by molar-refractivity contribution is -0.123. The first-order chi connectivity index (χ1) is 19.0. The third kappa shape index (κ3) is 11.4. The Morgan fingerprint density at radius 3 is 1.64 bits per heavy atom. The zero-order valence-electron chi connectivity index (χ0n) is 22.1. The average molecular weight is 543 g/mol. The van der Waals surface area contributed by atoms with E-state index in [1.165, 1.54) is 40.2 Å². The van der Waals surface area contributed by atoms with Crippen LogP contribution in [0.25, 0.3) is 0 Å². The Balaban J connectivity index is 0.000000268. The van der Waals surface area contributed by atoms with Crippen molar-refractivity contribution in [1.29, 1.82) is 0 Å². The van der Waals surface area contributed by atoms with Crippen molar-refractivity contribution in [2.24, 2.45) is 0 Å². The fraction of sp³-hybridized carbons (Fsp3) is 0.188. The Kier molecular flexibility index (Phi) is 12.5.